The molecular weight excluding hydrogens is 174 g/mol. The third-order valence-electron chi connectivity index (χ3n) is 1.80. The van der Waals surface area contributed by atoms with Gasteiger partial charge < -0.3 is 21.1 Å². The Balaban J connectivity index is 2.79. The minimum absolute atomic E-state index is 0.170. The van der Waals surface area contributed by atoms with Crippen molar-refractivity contribution in [1.82, 2.24) is 0 Å². The number of rotatable bonds is 2. The number of allylic oxidation sites excluding steroid dienone is 2. The van der Waals surface area contributed by atoms with Crippen molar-refractivity contribution in [2.45, 2.75) is 18.2 Å². The molecule has 0 amide bonds. The van der Waals surface area contributed by atoms with Crippen LogP contribution in [-0.4, -0.2) is 33.1 Å². The fourth-order valence-electron chi connectivity index (χ4n) is 1.12. The van der Waals surface area contributed by atoms with Gasteiger partial charge in [-0.1, -0.05) is 12.2 Å². The molecule has 0 bridgehead atoms. The maximum Gasteiger partial charge on any atom is 0.324 e. The van der Waals surface area contributed by atoms with Crippen molar-refractivity contribution in [2.75, 3.05) is 0 Å². The third-order valence-corrected chi connectivity index (χ3v) is 1.80. The minimum atomic E-state index is -1.98. The molecule has 0 heterocycles. The molecule has 0 saturated carbocycles. The Bertz CT molecular complexity index is 280. The van der Waals surface area contributed by atoms with Gasteiger partial charge in [0, 0.05) is 6.42 Å². The summed E-state index contributed by atoms with van der Waals surface area (Å²) in [6.45, 7) is 0. The maximum atomic E-state index is 10.5. The second-order valence-corrected chi connectivity index (χ2v) is 2.97. The number of hydrogen-bond donors (Lipinski definition) is 4. The van der Waals surface area contributed by atoms with Crippen LogP contribution in [0.1, 0.15) is 6.42 Å². The van der Waals surface area contributed by atoms with Crippen LogP contribution in [0.5, 0.6) is 0 Å². The standard InChI is InChI=1S/C8H11NO4/c9-6(7(10)11)5-2-1-3-8(12,13)4-5/h1-3,6,12-13H,4,9H2,(H,10,11). The minimum Gasteiger partial charge on any atom is -0.480 e. The Labute approximate surface area is 74.8 Å². The van der Waals surface area contributed by atoms with E-state index in [2.05, 4.69) is 0 Å². The summed E-state index contributed by atoms with van der Waals surface area (Å²) in [5.74, 6) is -3.16. The number of aliphatic hydroxyl groups is 2. The molecule has 5 N–H and O–H groups in total. The average molecular weight is 185 g/mol. The lowest BCUT2D eigenvalue weighted by atomic mass is 9.94. The fraction of sp³-hybridized carbons (Fsp3) is 0.375. The van der Waals surface area contributed by atoms with Gasteiger partial charge in [0.2, 0.25) is 0 Å². The van der Waals surface area contributed by atoms with Gasteiger partial charge in [-0.15, -0.1) is 0 Å². The van der Waals surface area contributed by atoms with Crippen molar-refractivity contribution >= 4 is 5.97 Å². The van der Waals surface area contributed by atoms with Gasteiger partial charge in [0.05, 0.1) is 0 Å². The molecule has 0 saturated heterocycles. The van der Waals surface area contributed by atoms with Crippen LogP contribution in [0.3, 0.4) is 0 Å². The summed E-state index contributed by atoms with van der Waals surface area (Å²) in [5, 5.41) is 26.9. The van der Waals surface area contributed by atoms with Crippen LogP contribution in [0.25, 0.3) is 0 Å². The highest BCUT2D eigenvalue weighted by molar-refractivity contribution is 5.77. The number of carboxylic acids is 1. The predicted molar refractivity (Wildman–Crippen MR) is 44.6 cm³/mol. The summed E-state index contributed by atoms with van der Waals surface area (Å²) in [7, 11) is 0. The second-order valence-electron chi connectivity index (χ2n) is 2.97. The van der Waals surface area contributed by atoms with E-state index < -0.39 is 17.8 Å². The monoisotopic (exact) mass is 185 g/mol. The van der Waals surface area contributed by atoms with Crippen molar-refractivity contribution in [3.8, 4) is 0 Å². The number of aliphatic carboxylic acids is 1. The molecule has 0 radical (unpaired) electrons. The first-order valence-electron chi connectivity index (χ1n) is 3.74. The normalized spacial score (nSPS) is 22.2. The summed E-state index contributed by atoms with van der Waals surface area (Å²) < 4.78 is 0. The van der Waals surface area contributed by atoms with Gasteiger partial charge >= 0.3 is 5.97 Å². The Morgan fingerprint density at radius 3 is 2.69 bits per heavy atom. The summed E-state index contributed by atoms with van der Waals surface area (Å²) >= 11 is 0. The fourth-order valence-corrected chi connectivity index (χ4v) is 1.12. The van der Waals surface area contributed by atoms with Gasteiger partial charge in [0.15, 0.2) is 5.79 Å². The van der Waals surface area contributed by atoms with Crippen LogP contribution in [-0.2, 0) is 4.79 Å². The number of carboxylic acid groups (broad SMARTS) is 1. The SMILES string of the molecule is NC(C(=O)O)C1=CC=CC(O)(O)C1. The lowest BCUT2D eigenvalue weighted by Crippen LogP contribution is -2.37. The number of hydrogen-bond acceptors (Lipinski definition) is 4. The largest absolute Gasteiger partial charge is 0.480 e. The van der Waals surface area contributed by atoms with Gasteiger partial charge in [-0.3, -0.25) is 4.79 Å². The van der Waals surface area contributed by atoms with E-state index in [4.69, 9.17) is 21.1 Å². The molecular formula is C8H11NO4. The first-order chi connectivity index (χ1) is 5.92. The smallest absolute Gasteiger partial charge is 0.324 e. The molecule has 1 unspecified atom stereocenters. The molecule has 1 atom stereocenters. The molecule has 5 nitrogen and oxygen atoms in total. The highest BCUT2D eigenvalue weighted by atomic mass is 16.5. The molecule has 0 spiro atoms. The Morgan fingerprint density at radius 2 is 2.23 bits per heavy atom. The van der Waals surface area contributed by atoms with E-state index in [0.717, 1.165) is 0 Å². The molecule has 0 fully saturated rings. The van der Waals surface area contributed by atoms with Gasteiger partial charge in [0.25, 0.3) is 0 Å². The van der Waals surface area contributed by atoms with Crippen LogP contribution in [0.15, 0.2) is 23.8 Å². The van der Waals surface area contributed by atoms with Gasteiger partial charge in [-0.2, -0.15) is 0 Å². The van der Waals surface area contributed by atoms with Gasteiger partial charge in [-0.05, 0) is 11.6 Å². The molecule has 5 heteroatoms. The van der Waals surface area contributed by atoms with Crippen LogP contribution in [0.4, 0.5) is 0 Å². The van der Waals surface area contributed by atoms with Crippen molar-refractivity contribution in [3.05, 3.63) is 23.8 Å². The first-order valence-corrected chi connectivity index (χ1v) is 3.74. The molecule has 72 valence electrons. The van der Waals surface area contributed by atoms with E-state index in [-0.39, 0.29) is 6.42 Å². The van der Waals surface area contributed by atoms with Gasteiger partial charge in [0.1, 0.15) is 6.04 Å². The Morgan fingerprint density at radius 1 is 1.62 bits per heavy atom. The molecule has 1 rings (SSSR count). The highest BCUT2D eigenvalue weighted by Gasteiger charge is 2.28. The molecule has 0 aliphatic heterocycles. The molecule has 0 aromatic rings. The van der Waals surface area contributed by atoms with Crippen LogP contribution in [0, 0.1) is 0 Å². The zero-order chi connectivity index (χ0) is 10.1. The molecule has 13 heavy (non-hydrogen) atoms. The zero-order valence-corrected chi connectivity index (χ0v) is 6.84. The van der Waals surface area contributed by atoms with Crippen molar-refractivity contribution in [3.63, 3.8) is 0 Å². The lowest BCUT2D eigenvalue weighted by Gasteiger charge is -2.23. The average Bonchev–Trinajstić information content (AvgIpc) is 2.01. The highest BCUT2D eigenvalue weighted by Crippen LogP contribution is 2.21. The molecule has 1 aliphatic carbocycles. The van der Waals surface area contributed by atoms with Crippen LogP contribution in [0.2, 0.25) is 0 Å². The number of nitrogens with two attached hydrogens (primary N) is 1. The summed E-state index contributed by atoms with van der Waals surface area (Å²) in [4.78, 5) is 10.5. The quantitative estimate of drug-likeness (QED) is 0.412. The van der Waals surface area contributed by atoms with Crippen molar-refractivity contribution < 1.29 is 20.1 Å². The van der Waals surface area contributed by atoms with Crippen LogP contribution >= 0.6 is 0 Å². The van der Waals surface area contributed by atoms with Crippen LogP contribution < -0.4 is 5.73 Å². The van der Waals surface area contributed by atoms with Crippen molar-refractivity contribution in [1.29, 1.82) is 0 Å². The summed E-state index contributed by atoms with van der Waals surface area (Å²) in [6, 6.07) is -1.18. The third kappa shape index (κ3) is 2.38. The van der Waals surface area contributed by atoms with E-state index in [1.165, 1.54) is 18.2 Å². The molecule has 0 aromatic heterocycles. The topological polar surface area (TPSA) is 104 Å². The second kappa shape index (κ2) is 3.29. The van der Waals surface area contributed by atoms with E-state index in [9.17, 15) is 4.79 Å². The van der Waals surface area contributed by atoms with E-state index >= 15 is 0 Å². The zero-order valence-electron chi connectivity index (χ0n) is 6.84. The Kier molecular flexibility index (Phi) is 2.51. The molecule has 0 aromatic carbocycles. The summed E-state index contributed by atoms with van der Waals surface area (Å²) in [6.07, 6.45) is 3.85. The van der Waals surface area contributed by atoms with E-state index in [1.54, 1.807) is 0 Å². The van der Waals surface area contributed by atoms with E-state index in [1.807, 2.05) is 0 Å². The maximum absolute atomic E-state index is 10.5. The Hall–Kier alpha value is -1.17. The lowest BCUT2D eigenvalue weighted by molar-refractivity contribution is -0.138. The molecule has 1 aliphatic rings. The van der Waals surface area contributed by atoms with Gasteiger partial charge in [-0.25, -0.2) is 0 Å². The predicted octanol–water partition coefficient (Wildman–Crippen LogP) is -1.03. The summed E-state index contributed by atoms with van der Waals surface area (Å²) in [5.41, 5.74) is 5.58. The first kappa shape index (κ1) is 9.91. The number of carbonyl (C=O) groups is 1. The van der Waals surface area contributed by atoms with E-state index in [0.29, 0.717) is 5.57 Å². The van der Waals surface area contributed by atoms with Crippen molar-refractivity contribution in [2.24, 2.45) is 5.73 Å².